The summed E-state index contributed by atoms with van der Waals surface area (Å²) in [5.41, 5.74) is 2.45. The Morgan fingerprint density at radius 1 is 0.968 bits per heavy atom. The standard InChI is InChI=1S/C23H25N3O5/c1-15(2)25-14-20(27)26(21(25)17-9-11-19(12-10-17)23(29)31-4)24-13-16-5-7-18(8-6-16)22(28)30-3/h5-13,15,21H,14H2,1-4H3/b24-13-/t21-/m1/s1. The van der Waals surface area contributed by atoms with Crippen LogP contribution in [0, 0.1) is 0 Å². The van der Waals surface area contributed by atoms with Crippen molar-refractivity contribution in [3.05, 3.63) is 70.8 Å². The Balaban J connectivity index is 1.88. The number of hydrazone groups is 1. The molecule has 2 aromatic rings. The molecule has 1 fully saturated rings. The van der Waals surface area contributed by atoms with Gasteiger partial charge in [0.1, 0.15) is 6.17 Å². The quantitative estimate of drug-likeness (QED) is 0.524. The molecule has 2 aromatic carbocycles. The lowest BCUT2D eigenvalue weighted by Crippen LogP contribution is -2.33. The topological polar surface area (TPSA) is 88.5 Å². The normalized spacial score (nSPS) is 16.9. The Hall–Kier alpha value is -3.52. The van der Waals surface area contributed by atoms with Crippen LogP contribution >= 0.6 is 0 Å². The van der Waals surface area contributed by atoms with Crippen LogP contribution in [0.5, 0.6) is 0 Å². The molecule has 1 amide bonds. The maximum Gasteiger partial charge on any atom is 0.337 e. The van der Waals surface area contributed by atoms with Gasteiger partial charge in [-0.1, -0.05) is 24.3 Å². The van der Waals surface area contributed by atoms with Crippen molar-refractivity contribution in [2.45, 2.75) is 26.1 Å². The highest BCUT2D eigenvalue weighted by molar-refractivity contribution is 5.91. The van der Waals surface area contributed by atoms with Gasteiger partial charge >= 0.3 is 11.9 Å². The first-order chi connectivity index (χ1) is 14.8. The highest BCUT2D eigenvalue weighted by atomic mass is 16.5. The van der Waals surface area contributed by atoms with E-state index in [1.54, 1.807) is 54.7 Å². The number of carbonyl (C=O) groups is 3. The second-order valence-corrected chi connectivity index (χ2v) is 7.35. The van der Waals surface area contributed by atoms with Crippen LogP contribution in [0.1, 0.15) is 51.9 Å². The fourth-order valence-electron chi connectivity index (χ4n) is 3.38. The molecule has 1 aliphatic heterocycles. The molecule has 8 nitrogen and oxygen atoms in total. The Kier molecular flexibility index (Phi) is 6.81. The lowest BCUT2D eigenvalue weighted by molar-refractivity contribution is -0.128. The number of amides is 1. The highest BCUT2D eigenvalue weighted by Gasteiger charge is 2.40. The van der Waals surface area contributed by atoms with E-state index in [1.165, 1.54) is 19.2 Å². The third kappa shape index (κ3) is 4.80. The monoisotopic (exact) mass is 423 g/mol. The first kappa shape index (κ1) is 22.2. The second-order valence-electron chi connectivity index (χ2n) is 7.35. The summed E-state index contributed by atoms with van der Waals surface area (Å²) in [7, 11) is 2.66. The molecule has 0 spiro atoms. The highest BCUT2D eigenvalue weighted by Crippen LogP contribution is 2.33. The third-order valence-corrected chi connectivity index (χ3v) is 5.08. The summed E-state index contributed by atoms with van der Waals surface area (Å²) < 4.78 is 9.45. The number of carbonyl (C=O) groups excluding carboxylic acids is 3. The van der Waals surface area contributed by atoms with Gasteiger partial charge in [0, 0.05) is 6.04 Å². The van der Waals surface area contributed by atoms with Gasteiger partial charge in [0.15, 0.2) is 0 Å². The fraction of sp³-hybridized carbons (Fsp3) is 0.304. The summed E-state index contributed by atoms with van der Waals surface area (Å²) in [4.78, 5) is 38.1. The molecule has 162 valence electrons. The van der Waals surface area contributed by atoms with E-state index in [0.29, 0.717) is 11.1 Å². The van der Waals surface area contributed by atoms with E-state index in [9.17, 15) is 14.4 Å². The molecule has 0 radical (unpaired) electrons. The van der Waals surface area contributed by atoms with Gasteiger partial charge in [-0.05, 0) is 49.2 Å². The van der Waals surface area contributed by atoms with Crippen molar-refractivity contribution in [1.29, 1.82) is 0 Å². The van der Waals surface area contributed by atoms with Gasteiger partial charge in [0.05, 0.1) is 38.1 Å². The molecule has 1 atom stereocenters. The van der Waals surface area contributed by atoms with Gasteiger partial charge in [-0.2, -0.15) is 5.10 Å². The lowest BCUT2D eigenvalue weighted by Gasteiger charge is -2.30. The summed E-state index contributed by atoms with van der Waals surface area (Å²) >= 11 is 0. The molecule has 3 rings (SSSR count). The summed E-state index contributed by atoms with van der Waals surface area (Å²) in [6.07, 6.45) is 1.18. The van der Waals surface area contributed by atoms with E-state index in [0.717, 1.165) is 11.1 Å². The molecule has 8 heteroatoms. The van der Waals surface area contributed by atoms with Crippen LogP contribution < -0.4 is 0 Å². The first-order valence-electron chi connectivity index (χ1n) is 9.84. The van der Waals surface area contributed by atoms with Crippen molar-refractivity contribution >= 4 is 24.1 Å². The van der Waals surface area contributed by atoms with Crippen LogP contribution in [-0.2, 0) is 14.3 Å². The summed E-state index contributed by atoms with van der Waals surface area (Å²) in [6.45, 7) is 4.27. The van der Waals surface area contributed by atoms with E-state index in [-0.39, 0.29) is 18.5 Å². The molecule has 1 heterocycles. The van der Waals surface area contributed by atoms with Crippen molar-refractivity contribution in [3.63, 3.8) is 0 Å². The number of rotatable bonds is 6. The molecule has 1 saturated heterocycles. The summed E-state index contributed by atoms with van der Waals surface area (Å²) in [6, 6.07) is 13.8. The Bertz CT molecular complexity index is 983. The number of hydrogen-bond acceptors (Lipinski definition) is 7. The number of benzene rings is 2. The number of ether oxygens (including phenoxy) is 2. The molecule has 0 N–H and O–H groups in total. The minimum absolute atomic E-state index is 0.105. The number of methoxy groups -OCH3 is 2. The van der Waals surface area contributed by atoms with Crippen molar-refractivity contribution in [2.24, 2.45) is 5.10 Å². The maximum atomic E-state index is 12.7. The smallest absolute Gasteiger partial charge is 0.337 e. The zero-order valence-corrected chi connectivity index (χ0v) is 17.9. The van der Waals surface area contributed by atoms with Crippen LogP contribution in [0.4, 0.5) is 0 Å². The number of esters is 2. The maximum absolute atomic E-state index is 12.7. The van der Waals surface area contributed by atoms with Gasteiger partial charge in [0.25, 0.3) is 5.91 Å². The second kappa shape index (κ2) is 9.53. The third-order valence-electron chi connectivity index (χ3n) is 5.08. The van der Waals surface area contributed by atoms with Gasteiger partial charge in [-0.3, -0.25) is 9.69 Å². The van der Waals surface area contributed by atoms with E-state index in [1.807, 2.05) is 18.7 Å². The predicted octanol–water partition coefficient (Wildman–Crippen LogP) is 2.85. The molecule has 0 aliphatic carbocycles. The van der Waals surface area contributed by atoms with Gasteiger partial charge in [-0.15, -0.1) is 0 Å². The first-order valence-corrected chi connectivity index (χ1v) is 9.84. The average molecular weight is 423 g/mol. The minimum Gasteiger partial charge on any atom is -0.465 e. The van der Waals surface area contributed by atoms with Crippen molar-refractivity contribution in [3.8, 4) is 0 Å². The largest absolute Gasteiger partial charge is 0.465 e. The predicted molar refractivity (Wildman–Crippen MR) is 115 cm³/mol. The van der Waals surface area contributed by atoms with Gasteiger partial charge in [0.2, 0.25) is 0 Å². The molecule has 0 saturated carbocycles. The molecule has 0 aromatic heterocycles. The minimum atomic E-state index is -0.417. The van der Waals surface area contributed by atoms with Crippen LogP contribution in [0.15, 0.2) is 53.6 Å². The van der Waals surface area contributed by atoms with Crippen LogP contribution in [0.2, 0.25) is 0 Å². The average Bonchev–Trinajstić information content (AvgIpc) is 3.13. The fourth-order valence-corrected chi connectivity index (χ4v) is 3.38. The van der Waals surface area contributed by atoms with E-state index < -0.39 is 18.1 Å². The van der Waals surface area contributed by atoms with Gasteiger partial charge in [-0.25, -0.2) is 14.6 Å². The van der Waals surface area contributed by atoms with E-state index >= 15 is 0 Å². The number of hydrogen-bond donors (Lipinski definition) is 0. The SMILES string of the molecule is COC(=O)c1ccc(/C=N\N2C(=O)CN(C(C)C)[C@H]2c2ccc(C(=O)OC)cc2)cc1. The van der Waals surface area contributed by atoms with Crippen molar-refractivity contribution < 1.29 is 23.9 Å². The lowest BCUT2D eigenvalue weighted by atomic mass is 10.1. The molecular weight excluding hydrogens is 398 g/mol. The van der Waals surface area contributed by atoms with Crippen molar-refractivity contribution in [1.82, 2.24) is 9.91 Å². The Morgan fingerprint density at radius 2 is 1.48 bits per heavy atom. The van der Waals surface area contributed by atoms with E-state index in [4.69, 9.17) is 9.47 Å². The summed E-state index contributed by atoms with van der Waals surface area (Å²) in [5, 5.41) is 5.89. The molecule has 1 aliphatic rings. The molecular formula is C23H25N3O5. The van der Waals surface area contributed by atoms with Crippen LogP contribution in [0.25, 0.3) is 0 Å². The summed E-state index contributed by atoms with van der Waals surface area (Å²) in [5.74, 6) is -0.959. The molecule has 0 bridgehead atoms. The Labute approximate surface area is 181 Å². The van der Waals surface area contributed by atoms with E-state index in [2.05, 4.69) is 5.10 Å². The van der Waals surface area contributed by atoms with Crippen molar-refractivity contribution in [2.75, 3.05) is 20.8 Å². The Morgan fingerprint density at radius 3 is 1.97 bits per heavy atom. The van der Waals surface area contributed by atoms with Crippen LogP contribution in [-0.4, -0.2) is 60.8 Å². The van der Waals surface area contributed by atoms with Crippen LogP contribution in [0.3, 0.4) is 0 Å². The zero-order chi connectivity index (χ0) is 22.5. The van der Waals surface area contributed by atoms with Gasteiger partial charge < -0.3 is 9.47 Å². The zero-order valence-electron chi connectivity index (χ0n) is 17.9. The molecule has 31 heavy (non-hydrogen) atoms. The number of nitrogens with zero attached hydrogens (tertiary/aromatic N) is 3. The molecule has 0 unspecified atom stereocenters.